The molecule has 0 aromatic heterocycles. The first-order chi connectivity index (χ1) is 4.68. The number of hydrogen-bond donors (Lipinski definition) is 3. The van der Waals surface area contributed by atoms with Gasteiger partial charge in [-0.3, -0.25) is 0 Å². The number of aliphatic hydroxyl groups excluding tert-OH is 2. The fourth-order valence-corrected chi connectivity index (χ4v) is 0.380. The standard InChI is InChI=1S/C5H12BO4/c1-5(2-7,3-8)4-10-6-9/h7-9H,2-4H2,1H3. The molecule has 59 valence electrons. The molecule has 0 saturated heterocycles. The van der Waals surface area contributed by atoms with Crippen LogP contribution in [0.2, 0.25) is 0 Å². The van der Waals surface area contributed by atoms with Crippen LogP contribution < -0.4 is 0 Å². The van der Waals surface area contributed by atoms with Crippen LogP contribution in [0.25, 0.3) is 0 Å². The molecule has 0 amide bonds. The zero-order valence-corrected chi connectivity index (χ0v) is 5.95. The summed E-state index contributed by atoms with van der Waals surface area (Å²) in [6.07, 6.45) is 0. The first kappa shape index (κ1) is 9.90. The van der Waals surface area contributed by atoms with Gasteiger partial charge in [-0.2, -0.15) is 0 Å². The molecular weight excluding hydrogens is 135 g/mol. The molecule has 0 rings (SSSR count). The van der Waals surface area contributed by atoms with E-state index in [1.54, 1.807) is 6.92 Å². The number of aliphatic hydroxyl groups is 2. The highest BCUT2D eigenvalue weighted by Crippen LogP contribution is 2.13. The van der Waals surface area contributed by atoms with Crippen molar-refractivity contribution in [3.63, 3.8) is 0 Å². The maximum atomic E-state index is 8.68. The van der Waals surface area contributed by atoms with Gasteiger partial charge in [0.2, 0.25) is 0 Å². The lowest BCUT2D eigenvalue weighted by molar-refractivity contribution is 0.0255. The molecule has 0 aromatic rings. The third-order valence-corrected chi connectivity index (χ3v) is 1.27. The fourth-order valence-electron chi connectivity index (χ4n) is 0.380. The summed E-state index contributed by atoms with van der Waals surface area (Å²) < 4.78 is 4.49. The molecule has 4 nitrogen and oxygen atoms in total. The first-order valence-electron chi connectivity index (χ1n) is 2.98. The zero-order chi connectivity index (χ0) is 8.04. The summed E-state index contributed by atoms with van der Waals surface area (Å²) in [6.45, 7) is 1.42. The van der Waals surface area contributed by atoms with Crippen molar-refractivity contribution in [2.45, 2.75) is 6.92 Å². The topological polar surface area (TPSA) is 69.9 Å². The van der Waals surface area contributed by atoms with E-state index >= 15 is 0 Å². The smallest absolute Gasteiger partial charge is 0.429 e. The van der Waals surface area contributed by atoms with Gasteiger partial charge in [0, 0.05) is 12.0 Å². The van der Waals surface area contributed by atoms with Gasteiger partial charge < -0.3 is 19.9 Å². The third kappa shape index (κ3) is 3.17. The SMILES string of the molecule is CC(CO)(CO)CO[B]O. The highest BCUT2D eigenvalue weighted by molar-refractivity contribution is 6.15. The van der Waals surface area contributed by atoms with Gasteiger partial charge in [-0.25, -0.2) is 0 Å². The van der Waals surface area contributed by atoms with Crippen LogP contribution >= 0.6 is 0 Å². The van der Waals surface area contributed by atoms with E-state index in [0.29, 0.717) is 7.69 Å². The minimum Gasteiger partial charge on any atom is -0.429 e. The maximum absolute atomic E-state index is 8.68. The van der Waals surface area contributed by atoms with Crippen molar-refractivity contribution in [2.75, 3.05) is 19.8 Å². The van der Waals surface area contributed by atoms with E-state index in [9.17, 15) is 0 Å². The fraction of sp³-hybridized carbons (Fsp3) is 1.00. The molecular formula is C5H12BO4. The minimum absolute atomic E-state index is 0.108. The predicted octanol–water partition coefficient (Wildman–Crippen LogP) is -1.48. The lowest BCUT2D eigenvalue weighted by Gasteiger charge is -2.23. The maximum Gasteiger partial charge on any atom is 0.485 e. The first-order valence-corrected chi connectivity index (χ1v) is 2.98. The van der Waals surface area contributed by atoms with E-state index < -0.39 is 5.41 Å². The summed E-state index contributed by atoms with van der Waals surface area (Å²) in [5, 5.41) is 25.5. The number of rotatable bonds is 5. The molecule has 0 aliphatic carbocycles. The monoisotopic (exact) mass is 147 g/mol. The van der Waals surface area contributed by atoms with Gasteiger partial charge in [0.05, 0.1) is 13.2 Å². The molecule has 3 N–H and O–H groups in total. The van der Waals surface area contributed by atoms with Crippen LogP contribution in [0, 0.1) is 5.41 Å². The summed E-state index contributed by atoms with van der Waals surface area (Å²) >= 11 is 0. The molecule has 0 saturated carbocycles. The molecule has 0 atom stereocenters. The average Bonchev–Trinajstić information content (AvgIpc) is 2.00. The Labute approximate surface area is 60.8 Å². The van der Waals surface area contributed by atoms with Crippen LogP contribution in [0.4, 0.5) is 0 Å². The summed E-state index contributed by atoms with van der Waals surface area (Å²) in [7, 11) is 0.545. The van der Waals surface area contributed by atoms with Gasteiger partial charge in [0.25, 0.3) is 0 Å². The quantitative estimate of drug-likeness (QED) is 0.415. The summed E-state index contributed by atoms with van der Waals surface area (Å²) in [4.78, 5) is 0. The molecule has 0 aromatic carbocycles. The molecule has 10 heavy (non-hydrogen) atoms. The van der Waals surface area contributed by atoms with Gasteiger partial charge in [0.15, 0.2) is 0 Å². The Morgan fingerprint density at radius 2 is 1.90 bits per heavy atom. The van der Waals surface area contributed by atoms with Gasteiger partial charge >= 0.3 is 7.69 Å². The Bertz CT molecular complexity index is 83.7. The Morgan fingerprint density at radius 1 is 1.40 bits per heavy atom. The minimum atomic E-state index is -0.667. The Morgan fingerprint density at radius 3 is 2.20 bits per heavy atom. The number of hydrogen-bond acceptors (Lipinski definition) is 4. The summed E-state index contributed by atoms with van der Waals surface area (Å²) in [5.74, 6) is 0. The Hall–Kier alpha value is -0.0951. The van der Waals surface area contributed by atoms with Crippen LogP contribution in [0.3, 0.4) is 0 Å². The van der Waals surface area contributed by atoms with Crippen LogP contribution in [0.15, 0.2) is 0 Å². The molecule has 0 bridgehead atoms. The van der Waals surface area contributed by atoms with Crippen molar-refractivity contribution < 1.29 is 19.9 Å². The van der Waals surface area contributed by atoms with Gasteiger partial charge in [-0.15, -0.1) is 0 Å². The molecule has 0 spiro atoms. The van der Waals surface area contributed by atoms with Crippen molar-refractivity contribution in [1.29, 1.82) is 0 Å². The molecule has 1 radical (unpaired) electrons. The van der Waals surface area contributed by atoms with Gasteiger partial charge in [0.1, 0.15) is 0 Å². The van der Waals surface area contributed by atoms with E-state index in [1.165, 1.54) is 0 Å². The predicted molar refractivity (Wildman–Crippen MR) is 36.2 cm³/mol. The molecule has 0 fully saturated rings. The molecule has 0 aliphatic heterocycles. The van der Waals surface area contributed by atoms with Crippen LogP contribution in [0.1, 0.15) is 6.92 Å². The molecule has 0 heterocycles. The molecule has 0 unspecified atom stereocenters. The molecule has 0 aliphatic rings. The second-order valence-corrected chi connectivity index (χ2v) is 2.54. The van der Waals surface area contributed by atoms with Crippen molar-refractivity contribution in [3.05, 3.63) is 0 Å². The van der Waals surface area contributed by atoms with Gasteiger partial charge in [-0.1, -0.05) is 6.92 Å². The van der Waals surface area contributed by atoms with Crippen molar-refractivity contribution in [3.8, 4) is 0 Å². The summed E-state index contributed by atoms with van der Waals surface area (Å²) in [5.41, 5.74) is -0.667. The van der Waals surface area contributed by atoms with E-state index in [1.807, 2.05) is 0 Å². The molecule has 5 heteroatoms. The zero-order valence-electron chi connectivity index (χ0n) is 5.95. The lowest BCUT2D eigenvalue weighted by atomic mass is 9.94. The lowest BCUT2D eigenvalue weighted by Crippen LogP contribution is -2.32. The largest absolute Gasteiger partial charge is 0.485 e. The van der Waals surface area contributed by atoms with E-state index in [2.05, 4.69) is 4.65 Å². The van der Waals surface area contributed by atoms with Crippen molar-refractivity contribution in [2.24, 2.45) is 5.41 Å². The van der Waals surface area contributed by atoms with Crippen LogP contribution in [-0.2, 0) is 4.65 Å². The third-order valence-electron chi connectivity index (χ3n) is 1.27. The second kappa shape index (κ2) is 4.68. The van der Waals surface area contributed by atoms with E-state index in [4.69, 9.17) is 15.2 Å². The highest BCUT2D eigenvalue weighted by atomic mass is 16.5. The van der Waals surface area contributed by atoms with Gasteiger partial charge in [-0.05, 0) is 0 Å². The van der Waals surface area contributed by atoms with E-state index in [0.717, 1.165) is 0 Å². The van der Waals surface area contributed by atoms with E-state index in [-0.39, 0.29) is 19.8 Å². The Kier molecular flexibility index (Phi) is 4.63. The van der Waals surface area contributed by atoms with Crippen LogP contribution in [-0.4, -0.2) is 42.7 Å². The normalized spacial score (nSPS) is 11.6. The van der Waals surface area contributed by atoms with Crippen LogP contribution in [0.5, 0.6) is 0 Å². The summed E-state index contributed by atoms with van der Waals surface area (Å²) in [6, 6.07) is 0. The Balaban J connectivity index is 3.58. The van der Waals surface area contributed by atoms with Crippen molar-refractivity contribution in [1.82, 2.24) is 0 Å². The van der Waals surface area contributed by atoms with Crippen molar-refractivity contribution >= 4 is 7.69 Å². The second-order valence-electron chi connectivity index (χ2n) is 2.54. The average molecular weight is 147 g/mol. The highest BCUT2D eigenvalue weighted by Gasteiger charge is 2.22.